The van der Waals surface area contributed by atoms with Gasteiger partial charge in [-0.05, 0) is 51.0 Å². The fourth-order valence-electron chi connectivity index (χ4n) is 3.39. The average molecular weight is 427 g/mol. The lowest BCUT2D eigenvalue weighted by molar-refractivity contribution is -0.0456. The Labute approximate surface area is 169 Å². The van der Waals surface area contributed by atoms with Gasteiger partial charge in [-0.15, -0.1) is 10.2 Å². The number of hydrogen-bond donors (Lipinski definition) is 0. The molecule has 2 fully saturated rings. The van der Waals surface area contributed by atoms with Gasteiger partial charge in [0.25, 0.3) is 10.2 Å². The normalized spacial score (nSPS) is 24.0. The molecule has 1 aromatic heterocycles. The van der Waals surface area contributed by atoms with Crippen molar-refractivity contribution in [2.24, 2.45) is 0 Å². The van der Waals surface area contributed by atoms with Gasteiger partial charge in [-0.3, -0.25) is 0 Å². The molecule has 1 aliphatic heterocycles. The van der Waals surface area contributed by atoms with Gasteiger partial charge in [0.1, 0.15) is 0 Å². The highest BCUT2D eigenvalue weighted by Gasteiger charge is 2.43. The summed E-state index contributed by atoms with van der Waals surface area (Å²) in [6.45, 7) is 4.52. The van der Waals surface area contributed by atoms with E-state index < -0.39 is 10.2 Å². The van der Waals surface area contributed by atoms with Crippen LogP contribution in [0.1, 0.15) is 32.6 Å². The highest BCUT2D eigenvalue weighted by Crippen LogP contribution is 2.33. The molecule has 2 aliphatic rings. The Hall–Kier alpha value is -1.52. The van der Waals surface area contributed by atoms with E-state index in [1.807, 2.05) is 13.8 Å². The lowest BCUT2D eigenvalue weighted by Crippen LogP contribution is -2.53. The number of halogens is 1. The molecule has 152 valence electrons. The minimum Gasteiger partial charge on any atom is -0.419 e. The first-order valence-electron chi connectivity index (χ1n) is 9.33. The molecule has 0 N–H and O–H groups in total. The first kappa shape index (κ1) is 19.8. The first-order valence-corrected chi connectivity index (χ1v) is 11.1. The third-order valence-electron chi connectivity index (χ3n) is 4.81. The smallest absolute Gasteiger partial charge is 0.282 e. The summed E-state index contributed by atoms with van der Waals surface area (Å²) in [6, 6.07) is 7.02. The van der Waals surface area contributed by atoms with E-state index in [2.05, 4.69) is 10.2 Å². The molecule has 0 radical (unpaired) electrons. The summed E-state index contributed by atoms with van der Waals surface area (Å²) >= 11 is 5.91. The number of rotatable bonds is 6. The fraction of sp³-hybridized carbons (Fsp3) is 0.556. The van der Waals surface area contributed by atoms with Crippen LogP contribution in [-0.2, 0) is 21.5 Å². The number of aromatic nitrogens is 2. The molecule has 2 aromatic rings. The van der Waals surface area contributed by atoms with Crippen molar-refractivity contribution in [2.45, 2.75) is 51.5 Å². The highest BCUT2D eigenvalue weighted by molar-refractivity contribution is 7.86. The summed E-state index contributed by atoms with van der Waals surface area (Å²) in [5, 5.41) is 8.72. The number of morpholine rings is 1. The van der Waals surface area contributed by atoms with Gasteiger partial charge in [0.2, 0.25) is 11.8 Å². The Morgan fingerprint density at radius 1 is 1.14 bits per heavy atom. The van der Waals surface area contributed by atoms with E-state index in [0.717, 1.165) is 18.4 Å². The van der Waals surface area contributed by atoms with E-state index in [1.165, 1.54) is 8.61 Å². The van der Waals surface area contributed by atoms with Crippen molar-refractivity contribution in [1.29, 1.82) is 0 Å². The minimum atomic E-state index is -3.64. The number of ether oxygens (including phenoxy) is 1. The molecule has 2 atom stereocenters. The quantitative estimate of drug-likeness (QED) is 0.705. The zero-order valence-corrected chi connectivity index (χ0v) is 17.4. The van der Waals surface area contributed by atoms with Gasteiger partial charge >= 0.3 is 0 Å². The monoisotopic (exact) mass is 426 g/mol. The summed E-state index contributed by atoms with van der Waals surface area (Å²) in [6.07, 6.45) is 1.40. The summed E-state index contributed by atoms with van der Waals surface area (Å²) in [5.74, 6) is 0.614. The second kappa shape index (κ2) is 7.72. The Kier molecular flexibility index (Phi) is 5.45. The van der Waals surface area contributed by atoms with Crippen molar-refractivity contribution in [2.75, 3.05) is 13.1 Å². The molecule has 0 amide bonds. The molecule has 2 heterocycles. The standard InChI is InChI=1S/C18H23ClN4O4S/c1-12-9-22(10-13(2)26-12)28(24,25)23(16-7-8-16)11-17-20-21-18(27-17)14-3-5-15(19)6-4-14/h3-6,12-13,16H,7-11H2,1-2H3/t12-,13-/m1/s1. The maximum Gasteiger partial charge on any atom is 0.282 e. The Morgan fingerprint density at radius 2 is 1.79 bits per heavy atom. The van der Waals surface area contributed by atoms with Crippen molar-refractivity contribution in [3.63, 3.8) is 0 Å². The van der Waals surface area contributed by atoms with Crippen LogP contribution in [0.25, 0.3) is 11.5 Å². The van der Waals surface area contributed by atoms with E-state index >= 15 is 0 Å². The van der Waals surface area contributed by atoms with E-state index in [-0.39, 0.29) is 30.7 Å². The average Bonchev–Trinajstić information content (AvgIpc) is 3.37. The summed E-state index contributed by atoms with van der Waals surface area (Å²) in [5.41, 5.74) is 0.736. The second-order valence-electron chi connectivity index (χ2n) is 7.37. The predicted molar refractivity (Wildman–Crippen MR) is 104 cm³/mol. The third kappa shape index (κ3) is 4.23. The maximum absolute atomic E-state index is 13.3. The molecule has 0 unspecified atom stereocenters. The zero-order valence-electron chi connectivity index (χ0n) is 15.8. The van der Waals surface area contributed by atoms with Gasteiger partial charge in [0, 0.05) is 29.7 Å². The molecule has 28 heavy (non-hydrogen) atoms. The second-order valence-corrected chi connectivity index (χ2v) is 9.68. The third-order valence-corrected chi connectivity index (χ3v) is 7.03. The molecule has 1 aromatic carbocycles. The van der Waals surface area contributed by atoms with E-state index in [0.29, 0.717) is 24.0 Å². The SMILES string of the molecule is C[C@@H]1CN(S(=O)(=O)N(Cc2nnc(-c3ccc(Cl)cc3)o2)C2CC2)C[C@@H](C)O1. The maximum atomic E-state index is 13.3. The summed E-state index contributed by atoms with van der Waals surface area (Å²) < 4.78 is 40.9. The Bertz CT molecular complexity index is 919. The Balaban J connectivity index is 1.54. The van der Waals surface area contributed by atoms with Crippen molar-refractivity contribution in [3.8, 4) is 11.5 Å². The fourth-order valence-corrected chi connectivity index (χ4v) is 5.47. The topological polar surface area (TPSA) is 88.8 Å². The number of benzene rings is 1. The molecule has 0 bridgehead atoms. The van der Waals surface area contributed by atoms with E-state index in [9.17, 15) is 8.42 Å². The molecule has 8 nitrogen and oxygen atoms in total. The molecule has 10 heteroatoms. The summed E-state index contributed by atoms with van der Waals surface area (Å²) in [4.78, 5) is 0. The van der Waals surface area contributed by atoms with Gasteiger partial charge in [0.15, 0.2) is 0 Å². The zero-order chi connectivity index (χ0) is 19.9. The summed E-state index contributed by atoms with van der Waals surface area (Å²) in [7, 11) is -3.64. The molecule has 1 saturated carbocycles. The van der Waals surface area contributed by atoms with E-state index in [4.69, 9.17) is 20.8 Å². The van der Waals surface area contributed by atoms with Crippen LogP contribution in [0.3, 0.4) is 0 Å². The van der Waals surface area contributed by atoms with Crippen LogP contribution in [0.4, 0.5) is 0 Å². The first-order chi connectivity index (χ1) is 13.3. The van der Waals surface area contributed by atoms with Gasteiger partial charge < -0.3 is 9.15 Å². The van der Waals surface area contributed by atoms with Crippen molar-refractivity contribution in [3.05, 3.63) is 35.2 Å². The van der Waals surface area contributed by atoms with Crippen LogP contribution in [0, 0.1) is 0 Å². The predicted octanol–water partition coefficient (Wildman–Crippen LogP) is 2.71. The molecule has 0 spiro atoms. The number of hydrogen-bond acceptors (Lipinski definition) is 6. The van der Waals surface area contributed by atoms with Crippen LogP contribution >= 0.6 is 11.6 Å². The minimum absolute atomic E-state index is 0.0238. The van der Waals surface area contributed by atoms with Gasteiger partial charge in [-0.2, -0.15) is 17.0 Å². The molecular weight excluding hydrogens is 404 g/mol. The highest BCUT2D eigenvalue weighted by atomic mass is 35.5. The van der Waals surface area contributed by atoms with Crippen molar-refractivity contribution < 1.29 is 17.6 Å². The molecule has 1 aliphatic carbocycles. The molecule has 1 saturated heterocycles. The van der Waals surface area contributed by atoms with Crippen LogP contribution in [-0.4, -0.2) is 58.6 Å². The van der Waals surface area contributed by atoms with Gasteiger partial charge in [0.05, 0.1) is 18.8 Å². The van der Waals surface area contributed by atoms with Crippen molar-refractivity contribution in [1.82, 2.24) is 18.8 Å². The van der Waals surface area contributed by atoms with Crippen molar-refractivity contribution >= 4 is 21.8 Å². The van der Waals surface area contributed by atoms with Crippen LogP contribution in [0.5, 0.6) is 0 Å². The van der Waals surface area contributed by atoms with Gasteiger partial charge in [-0.25, -0.2) is 0 Å². The lowest BCUT2D eigenvalue weighted by atomic mass is 10.2. The lowest BCUT2D eigenvalue weighted by Gasteiger charge is -2.37. The van der Waals surface area contributed by atoms with E-state index in [1.54, 1.807) is 24.3 Å². The number of nitrogens with zero attached hydrogens (tertiary/aromatic N) is 4. The van der Waals surface area contributed by atoms with Crippen LogP contribution in [0.2, 0.25) is 5.02 Å². The Morgan fingerprint density at radius 3 is 2.39 bits per heavy atom. The van der Waals surface area contributed by atoms with Gasteiger partial charge in [-0.1, -0.05) is 11.6 Å². The molecular formula is C18H23ClN4O4S. The largest absolute Gasteiger partial charge is 0.419 e. The van der Waals surface area contributed by atoms with Crippen LogP contribution in [0.15, 0.2) is 28.7 Å². The molecule has 4 rings (SSSR count). The van der Waals surface area contributed by atoms with Crippen LogP contribution < -0.4 is 0 Å².